The molecule has 0 bridgehead atoms. The second kappa shape index (κ2) is 6.18. The molecular formula is C16H14Cl2N4O. The van der Waals surface area contributed by atoms with Crippen LogP contribution >= 0.6 is 23.2 Å². The third-order valence-electron chi connectivity index (χ3n) is 3.47. The molecule has 0 atom stereocenters. The summed E-state index contributed by atoms with van der Waals surface area (Å²) in [5.41, 5.74) is 3.54. The minimum atomic E-state index is -0.401. The van der Waals surface area contributed by atoms with Crippen LogP contribution in [0.1, 0.15) is 17.0 Å². The number of nitrogens with zero attached hydrogens (tertiary/aromatic N) is 4. The molecule has 0 N–H and O–H groups in total. The second-order valence-corrected chi connectivity index (χ2v) is 6.06. The van der Waals surface area contributed by atoms with Gasteiger partial charge < -0.3 is 0 Å². The fourth-order valence-corrected chi connectivity index (χ4v) is 2.63. The highest BCUT2D eigenvalue weighted by Gasteiger charge is 2.08. The molecule has 0 radical (unpaired) electrons. The summed E-state index contributed by atoms with van der Waals surface area (Å²) in [5.74, 6) is 0. The third kappa shape index (κ3) is 3.16. The molecule has 0 aliphatic rings. The van der Waals surface area contributed by atoms with Gasteiger partial charge in [0.2, 0.25) is 0 Å². The van der Waals surface area contributed by atoms with E-state index in [-0.39, 0.29) is 10.0 Å². The van der Waals surface area contributed by atoms with E-state index in [1.54, 1.807) is 0 Å². The van der Waals surface area contributed by atoms with Crippen LogP contribution in [0.5, 0.6) is 0 Å². The van der Waals surface area contributed by atoms with Gasteiger partial charge >= 0.3 is 0 Å². The van der Waals surface area contributed by atoms with E-state index in [4.69, 9.17) is 23.2 Å². The van der Waals surface area contributed by atoms with Crippen molar-refractivity contribution in [2.75, 3.05) is 0 Å². The molecule has 0 fully saturated rings. The van der Waals surface area contributed by atoms with Crippen LogP contribution in [-0.4, -0.2) is 19.6 Å². The first-order valence-corrected chi connectivity index (χ1v) is 7.75. The summed E-state index contributed by atoms with van der Waals surface area (Å²) in [6, 6.07) is 9.80. The van der Waals surface area contributed by atoms with Crippen molar-refractivity contribution in [2.24, 2.45) is 0 Å². The van der Waals surface area contributed by atoms with Gasteiger partial charge in [-0.1, -0.05) is 35.3 Å². The first-order valence-electron chi connectivity index (χ1n) is 6.99. The van der Waals surface area contributed by atoms with Crippen molar-refractivity contribution < 1.29 is 0 Å². The number of aryl methyl sites for hydroxylation is 2. The van der Waals surface area contributed by atoms with E-state index in [0.29, 0.717) is 6.54 Å². The van der Waals surface area contributed by atoms with Gasteiger partial charge in [0.15, 0.2) is 0 Å². The largest absolute Gasteiger partial charge is 0.287 e. The monoisotopic (exact) mass is 348 g/mol. The number of hydrogen-bond donors (Lipinski definition) is 0. The molecule has 0 spiro atoms. The molecule has 118 valence electrons. The van der Waals surface area contributed by atoms with Gasteiger partial charge in [0, 0.05) is 5.69 Å². The zero-order valence-corrected chi connectivity index (χ0v) is 14.1. The molecule has 1 aromatic carbocycles. The van der Waals surface area contributed by atoms with Crippen LogP contribution in [0.15, 0.2) is 41.3 Å². The summed E-state index contributed by atoms with van der Waals surface area (Å²) in [5, 5.41) is 8.60. The van der Waals surface area contributed by atoms with Crippen LogP contribution in [0.25, 0.3) is 5.69 Å². The van der Waals surface area contributed by atoms with Gasteiger partial charge in [-0.15, -0.1) is 0 Å². The quantitative estimate of drug-likeness (QED) is 0.728. The normalized spacial score (nSPS) is 11.0. The average Bonchev–Trinajstić information content (AvgIpc) is 2.87. The lowest BCUT2D eigenvalue weighted by molar-refractivity contribution is 0.639. The Morgan fingerprint density at radius 1 is 1.13 bits per heavy atom. The molecule has 2 aromatic heterocycles. The molecule has 3 aromatic rings. The predicted molar refractivity (Wildman–Crippen MR) is 90.7 cm³/mol. The molecule has 0 aliphatic carbocycles. The van der Waals surface area contributed by atoms with Crippen molar-refractivity contribution in [2.45, 2.75) is 20.4 Å². The van der Waals surface area contributed by atoms with Crippen LogP contribution in [-0.2, 0) is 6.54 Å². The number of aromatic nitrogens is 4. The fourth-order valence-electron chi connectivity index (χ4n) is 2.36. The second-order valence-electron chi connectivity index (χ2n) is 5.27. The minimum absolute atomic E-state index is 0.0130. The van der Waals surface area contributed by atoms with Crippen molar-refractivity contribution in [1.29, 1.82) is 0 Å². The molecule has 0 unspecified atom stereocenters. The van der Waals surface area contributed by atoms with E-state index >= 15 is 0 Å². The molecule has 0 aliphatic heterocycles. The molecular weight excluding hydrogens is 335 g/mol. The number of halogens is 2. The molecule has 0 saturated heterocycles. The van der Waals surface area contributed by atoms with Gasteiger partial charge in [-0.3, -0.25) is 4.79 Å². The first-order chi connectivity index (χ1) is 11.0. The van der Waals surface area contributed by atoms with E-state index in [1.165, 1.54) is 10.9 Å². The maximum absolute atomic E-state index is 12.0. The predicted octanol–water partition coefficient (Wildman–Crippen LogP) is 3.40. The molecule has 0 amide bonds. The third-order valence-corrected chi connectivity index (χ3v) is 4.21. The van der Waals surface area contributed by atoms with E-state index < -0.39 is 5.56 Å². The Kier molecular flexibility index (Phi) is 4.24. The summed E-state index contributed by atoms with van der Waals surface area (Å²) in [7, 11) is 0. The SMILES string of the molecule is Cc1cc(C)n(-c2ccc(Cn3ncc(Cl)c(Cl)c3=O)cc2)n1. The Balaban J connectivity index is 1.87. The van der Waals surface area contributed by atoms with Crippen LogP contribution < -0.4 is 5.56 Å². The van der Waals surface area contributed by atoms with Gasteiger partial charge in [0.1, 0.15) is 5.02 Å². The summed E-state index contributed by atoms with van der Waals surface area (Å²) in [6.45, 7) is 4.29. The van der Waals surface area contributed by atoms with Crippen LogP contribution in [0.4, 0.5) is 0 Å². The van der Waals surface area contributed by atoms with E-state index in [1.807, 2.05) is 48.9 Å². The lowest BCUT2D eigenvalue weighted by Gasteiger charge is -2.08. The highest BCUT2D eigenvalue weighted by atomic mass is 35.5. The van der Waals surface area contributed by atoms with E-state index in [9.17, 15) is 4.79 Å². The topological polar surface area (TPSA) is 52.7 Å². The van der Waals surface area contributed by atoms with E-state index in [2.05, 4.69) is 10.2 Å². The Bertz CT molecular complexity index is 913. The average molecular weight is 349 g/mol. The van der Waals surface area contributed by atoms with Gasteiger partial charge in [0.25, 0.3) is 5.56 Å². The highest BCUT2D eigenvalue weighted by Crippen LogP contribution is 2.16. The molecule has 23 heavy (non-hydrogen) atoms. The zero-order valence-electron chi connectivity index (χ0n) is 12.6. The van der Waals surface area contributed by atoms with Crippen molar-refractivity contribution >= 4 is 23.2 Å². The number of hydrogen-bond acceptors (Lipinski definition) is 3. The van der Waals surface area contributed by atoms with Gasteiger partial charge in [-0.25, -0.2) is 9.36 Å². The van der Waals surface area contributed by atoms with Crippen LogP contribution in [0.3, 0.4) is 0 Å². The van der Waals surface area contributed by atoms with Crippen LogP contribution in [0.2, 0.25) is 10.0 Å². The first kappa shape index (κ1) is 15.8. The highest BCUT2D eigenvalue weighted by molar-refractivity contribution is 6.41. The Morgan fingerprint density at radius 2 is 1.83 bits per heavy atom. The minimum Gasteiger partial charge on any atom is -0.266 e. The maximum Gasteiger partial charge on any atom is 0.287 e. The lowest BCUT2D eigenvalue weighted by atomic mass is 10.2. The standard InChI is InChI=1S/C16H14Cl2N4O/c1-10-7-11(2)22(20-10)13-5-3-12(4-6-13)9-21-16(23)15(18)14(17)8-19-21/h3-8H,9H2,1-2H3. The fraction of sp³-hybridized carbons (Fsp3) is 0.188. The summed E-state index contributed by atoms with van der Waals surface area (Å²) >= 11 is 11.6. The summed E-state index contributed by atoms with van der Waals surface area (Å²) in [4.78, 5) is 12.0. The van der Waals surface area contributed by atoms with Gasteiger partial charge in [-0.2, -0.15) is 10.2 Å². The molecule has 0 saturated carbocycles. The Hall–Kier alpha value is -2.11. The summed E-state index contributed by atoms with van der Waals surface area (Å²) < 4.78 is 3.16. The van der Waals surface area contributed by atoms with Crippen molar-refractivity contribution in [3.05, 3.63) is 73.9 Å². The van der Waals surface area contributed by atoms with Crippen molar-refractivity contribution in [3.8, 4) is 5.69 Å². The Morgan fingerprint density at radius 3 is 2.43 bits per heavy atom. The zero-order chi connectivity index (χ0) is 16.6. The lowest BCUT2D eigenvalue weighted by Crippen LogP contribution is -2.23. The van der Waals surface area contributed by atoms with Crippen molar-refractivity contribution in [3.63, 3.8) is 0 Å². The molecule has 5 nitrogen and oxygen atoms in total. The number of rotatable bonds is 3. The number of benzene rings is 1. The van der Waals surface area contributed by atoms with Crippen molar-refractivity contribution in [1.82, 2.24) is 19.6 Å². The van der Waals surface area contributed by atoms with Crippen LogP contribution in [0, 0.1) is 13.8 Å². The molecule has 7 heteroatoms. The van der Waals surface area contributed by atoms with Gasteiger partial charge in [0.05, 0.1) is 29.1 Å². The Labute approximate surface area is 143 Å². The summed E-state index contributed by atoms with van der Waals surface area (Å²) in [6.07, 6.45) is 1.37. The molecule has 3 rings (SSSR count). The van der Waals surface area contributed by atoms with E-state index in [0.717, 1.165) is 22.6 Å². The van der Waals surface area contributed by atoms with Gasteiger partial charge in [-0.05, 0) is 37.6 Å². The maximum atomic E-state index is 12.0. The molecule has 2 heterocycles. The smallest absolute Gasteiger partial charge is 0.266 e.